The average molecular weight is 317 g/mol. The number of aromatic nitrogens is 1. The first-order valence-corrected chi connectivity index (χ1v) is 7.10. The Kier molecular flexibility index (Phi) is 5.48. The molecule has 122 valence electrons. The Bertz CT molecular complexity index is 672. The molecular formula is C16H19N3O4. The summed E-state index contributed by atoms with van der Waals surface area (Å²) in [6.45, 7) is 3.58. The second-order valence-corrected chi connectivity index (χ2v) is 5.09. The van der Waals surface area contributed by atoms with Gasteiger partial charge in [-0.3, -0.25) is 9.59 Å². The number of hydrogen-bond donors (Lipinski definition) is 2. The smallest absolute Gasteiger partial charge is 0.250 e. The molecule has 0 fully saturated rings. The van der Waals surface area contributed by atoms with Crippen LogP contribution < -0.4 is 10.6 Å². The van der Waals surface area contributed by atoms with Crippen molar-refractivity contribution in [3.8, 4) is 0 Å². The molecule has 2 amide bonds. The van der Waals surface area contributed by atoms with Crippen molar-refractivity contribution in [2.24, 2.45) is 0 Å². The lowest BCUT2D eigenvalue weighted by Gasteiger charge is -2.07. The van der Waals surface area contributed by atoms with Gasteiger partial charge in [0.25, 0.3) is 0 Å². The van der Waals surface area contributed by atoms with E-state index in [1.54, 1.807) is 38.1 Å². The van der Waals surface area contributed by atoms with Gasteiger partial charge in [0, 0.05) is 24.0 Å². The molecule has 23 heavy (non-hydrogen) atoms. The van der Waals surface area contributed by atoms with E-state index in [-0.39, 0.29) is 24.8 Å². The van der Waals surface area contributed by atoms with E-state index in [1.165, 1.54) is 7.11 Å². The van der Waals surface area contributed by atoms with Gasteiger partial charge in [0.2, 0.25) is 11.8 Å². The Labute approximate surface area is 134 Å². The molecular weight excluding hydrogens is 298 g/mol. The lowest BCUT2D eigenvalue weighted by atomic mass is 10.1. The second kappa shape index (κ2) is 7.55. The van der Waals surface area contributed by atoms with Crippen LogP contribution >= 0.6 is 0 Å². The molecule has 0 aliphatic rings. The maximum atomic E-state index is 12.1. The van der Waals surface area contributed by atoms with E-state index in [4.69, 9.17) is 9.26 Å². The largest absolute Gasteiger partial charge is 0.375 e. The average Bonchev–Trinajstić information content (AvgIpc) is 2.81. The van der Waals surface area contributed by atoms with Crippen LogP contribution in [0, 0.1) is 13.8 Å². The number of carbonyl (C=O) groups is 2. The topological polar surface area (TPSA) is 93.5 Å². The molecule has 7 heteroatoms. The van der Waals surface area contributed by atoms with Crippen molar-refractivity contribution in [2.45, 2.75) is 20.3 Å². The fourth-order valence-corrected chi connectivity index (χ4v) is 2.09. The Morgan fingerprint density at radius 1 is 1.09 bits per heavy atom. The van der Waals surface area contributed by atoms with Crippen LogP contribution in [0.25, 0.3) is 0 Å². The standard InChI is InChI=1S/C16H19N3O4/c1-10-14(11(2)23-19-10)8-15(20)17-12-4-6-13(7-5-12)18-16(21)9-22-3/h4-7H,8-9H2,1-3H3,(H,17,20)(H,18,21). The van der Waals surface area contributed by atoms with Crippen molar-refractivity contribution >= 4 is 23.2 Å². The normalized spacial score (nSPS) is 10.4. The molecule has 0 bridgehead atoms. The minimum Gasteiger partial charge on any atom is -0.375 e. The summed E-state index contributed by atoms with van der Waals surface area (Å²) in [5.74, 6) is 0.257. The van der Waals surface area contributed by atoms with Crippen LogP contribution in [-0.2, 0) is 20.7 Å². The summed E-state index contributed by atoms with van der Waals surface area (Å²) in [5, 5.41) is 9.30. The summed E-state index contributed by atoms with van der Waals surface area (Å²) in [6.07, 6.45) is 0.202. The Morgan fingerprint density at radius 3 is 2.13 bits per heavy atom. The van der Waals surface area contributed by atoms with Gasteiger partial charge in [-0.25, -0.2) is 0 Å². The summed E-state index contributed by atoms with van der Waals surface area (Å²) >= 11 is 0. The highest BCUT2D eigenvalue weighted by Gasteiger charge is 2.13. The number of ether oxygens (including phenoxy) is 1. The molecule has 1 aromatic carbocycles. The van der Waals surface area contributed by atoms with Crippen LogP contribution in [0.3, 0.4) is 0 Å². The molecule has 0 saturated heterocycles. The van der Waals surface area contributed by atoms with Gasteiger partial charge in [0.15, 0.2) is 0 Å². The van der Waals surface area contributed by atoms with Gasteiger partial charge in [-0.2, -0.15) is 0 Å². The van der Waals surface area contributed by atoms with Gasteiger partial charge < -0.3 is 19.9 Å². The highest BCUT2D eigenvalue weighted by molar-refractivity contribution is 5.94. The number of hydrogen-bond acceptors (Lipinski definition) is 5. The van der Waals surface area contributed by atoms with Crippen molar-refractivity contribution < 1.29 is 18.8 Å². The molecule has 0 aliphatic heterocycles. The SMILES string of the molecule is COCC(=O)Nc1ccc(NC(=O)Cc2c(C)noc2C)cc1. The summed E-state index contributed by atoms with van der Waals surface area (Å²) in [4.78, 5) is 23.5. The second-order valence-electron chi connectivity index (χ2n) is 5.09. The maximum Gasteiger partial charge on any atom is 0.250 e. The van der Waals surface area contributed by atoms with Gasteiger partial charge in [0.05, 0.1) is 12.1 Å². The predicted octanol–water partition coefficient (Wildman–Crippen LogP) is 2.06. The monoisotopic (exact) mass is 317 g/mol. The molecule has 0 spiro atoms. The minimum atomic E-state index is -0.234. The third kappa shape index (κ3) is 4.65. The third-order valence-electron chi connectivity index (χ3n) is 3.25. The molecule has 0 saturated carbocycles. The zero-order chi connectivity index (χ0) is 16.8. The zero-order valence-corrected chi connectivity index (χ0v) is 13.3. The summed E-state index contributed by atoms with van der Waals surface area (Å²) < 4.78 is 9.78. The fourth-order valence-electron chi connectivity index (χ4n) is 2.09. The van der Waals surface area contributed by atoms with Crippen LogP contribution in [0.15, 0.2) is 28.8 Å². The minimum absolute atomic E-state index is 0.00404. The van der Waals surface area contributed by atoms with E-state index in [9.17, 15) is 9.59 Å². The van der Waals surface area contributed by atoms with Gasteiger partial charge in [0.1, 0.15) is 12.4 Å². The Hall–Kier alpha value is -2.67. The van der Waals surface area contributed by atoms with E-state index < -0.39 is 0 Å². The molecule has 0 radical (unpaired) electrons. The number of amides is 2. The first-order valence-electron chi connectivity index (χ1n) is 7.10. The molecule has 0 atom stereocenters. The molecule has 2 aromatic rings. The van der Waals surface area contributed by atoms with E-state index in [0.717, 1.165) is 5.56 Å². The summed E-state index contributed by atoms with van der Waals surface area (Å²) in [6, 6.07) is 6.85. The molecule has 1 heterocycles. The Morgan fingerprint density at radius 2 is 1.65 bits per heavy atom. The number of benzene rings is 1. The number of nitrogens with zero attached hydrogens (tertiary/aromatic N) is 1. The van der Waals surface area contributed by atoms with Crippen molar-refractivity contribution in [3.05, 3.63) is 41.3 Å². The lowest BCUT2D eigenvalue weighted by Crippen LogP contribution is -2.17. The first kappa shape index (κ1) is 16.7. The fraction of sp³-hybridized carbons (Fsp3) is 0.312. The van der Waals surface area contributed by atoms with Crippen LogP contribution in [0.1, 0.15) is 17.0 Å². The van der Waals surface area contributed by atoms with Gasteiger partial charge in [-0.1, -0.05) is 5.16 Å². The zero-order valence-electron chi connectivity index (χ0n) is 13.3. The summed E-state index contributed by atoms with van der Waals surface area (Å²) in [5.41, 5.74) is 2.79. The Balaban J connectivity index is 1.93. The van der Waals surface area contributed by atoms with E-state index >= 15 is 0 Å². The highest BCUT2D eigenvalue weighted by Crippen LogP contribution is 2.16. The lowest BCUT2D eigenvalue weighted by molar-refractivity contribution is -0.119. The van der Waals surface area contributed by atoms with Crippen LogP contribution in [0.5, 0.6) is 0 Å². The number of anilines is 2. The molecule has 2 N–H and O–H groups in total. The molecule has 0 unspecified atom stereocenters. The van der Waals surface area contributed by atoms with Gasteiger partial charge >= 0.3 is 0 Å². The van der Waals surface area contributed by atoms with Crippen molar-refractivity contribution in [3.63, 3.8) is 0 Å². The maximum absolute atomic E-state index is 12.1. The van der Waals surface area contributed by atoms with Crippen molar-refractivity contribution in [2.75, 3.05) is 24.4 Å². The first-order chi connectivity index (χ1) is 11.0. The highest BCUT2D eigenvalue weighted by atomic mass is 16.5. The van der Waals surface area contributed by atoms with Crippen LogP contribution in [-0.4, -0.2) is 30.7 Å². The number of aryl methyl sites for hydroxylation is 2. The van der Waals surface area contributed by atoms with Crippen LogP contribution in [0.2, 0.25) is 0 Å². The molecule has 2 rings (SSSR count). The molecule has 7 nitrogen and oxygen atoms in total. The van der Waals surface area contributed by atoms with E-state index in [2.05, 4.69) is 15.8 Å². The third-order valence-corrected chi connectivity index (χ3v) is 3.25. The number of nitrogens with one attached hydrogen (secondary N) is 2. The van der Waals surface area contributed by atoms with Crippen LogP contribution in [0.4, 0.5) is 11.4 Å². The van der Waals surface area contributed by atoms with Crippen molar-refractivity contribution in [1.82, 2.24) is 5.16 Å². The van der Waals surface area contributed by atoms with E-state index in [1.807, 2.05) is 0 Å². The summed E-state index contributed by atoms with van der Waals surface area (Å²) in [7, 11) is 1.46. The van der Waals surface area contributed by atoms with Gasteiger partial charge in [-0.05, 0) is 38.1 Å². The number of carbonyl (C=O) groups excluding carboxylic acids is 2. The van der Waals surface area contributed by atoms with E-state index in [0.29, 0.717) is 22.8 Å². The molecule has 1 aromatic heterocycles. The van der Waals surface area contributed by atoms with Crippen molar-refractivity contribution in [1.29, 1.82) is 0 Å². The van der Waals surface area contributed by atoms with Gasteiger partial charge in [-0.15, -0.1) is 0 Å². The predicted molar refractivity (Wildman–Crippen MR) is 85.3 cm³/mol. The quantitative estimate of drug-likeness (QED) is 0.850. The number of methoxy groups -OCH3 is 1. The number of rotatable bonds is 6. The molecule has 0 aliphatic carbocycles.